The Morgan fingerprint density at radius 3 is 2.61 bits per heavy atom. The standard InChI is InChI=1S/C11H17ClN4O2/c1-14-9(12)6-13-10(14)7-15-2-4-16(5-3-15)11(18)8-17/h6,17H,2-5,7-8H2,1H3. The summed E-state index contributed by atoms with van der Waals surface area (Å²) in [4.78, 5) is 19.5. The molecule has 1 fully saturated rings. The van der Waals surface area contributed by atoms with E-state index in [4.69, 9.17) is 16.7 Å². The predicted molar refractivity (Wildman–Crippen MR) is 67.2 cm³/mol. The Labute approximate surface area is 111 Å². The second-order valence-electron chi connectivity index (χ2n) is 4.37. The lowest BCUT2D eigenvalue weighted by Gasteiger charge is -2.34. The Kier molecular flexibility index (Phi) is 4.21. The molecule has 18 heavy (non-hydrogen) atoms. The summed E-state index contributed by atoms with van der Waals surface area (Å²) in [6.07, 6.45) is 1.64. The zero-order chi connectivity index (χ0) is 13.1. The van der Waals surface area contributed by atoms with E-state index in [0.29, 0.717) is 18.2 Å². The van der Waals surface area contributed by atoms with Gasteiger partial charge in [-0.2, -0.15) is 0 Å². The van der Waals surface area contributed by atoms with Crippen LogP contribution in [-0.2, 0) is 18.4 Å². The van der Waals surface area contributed by atoms with Gasteiger partial charge in [-0.1, -0.05) is 11.6 Å². The second-order valence-corrected chi connectivity index (χ2v) is 4.76. The maximum Gasteiger partial charge on any atom is 0.248 e. The number of carbonyl (C=O) groups is 1. The summed E-state index contributed by atoms with van der Waals surface area (Å²) in [7, 11) is 1.89. The SMILES string of the molecule is Cn1c(Cl)cnc1CN1CCN(C(=O)CO)CC1. The third-order valence-corrected chi connectivity index (χ3v) is 3.60. The number of rotatable bonds is 3. The van der Waals surface area contributed by atoms with Gasteiger partial charge < -0.3 is 14.6 Å². The summed E-state index contributed by atoms with van der Waals surface area (Å²) in [5.74, 6) is 0.719. The maximum absolute atomic E-state index is 11.3. The molecule has 7 heteroatoms. The minimum Gasteiger partial charge on any atom is -0.387 e. The van der Waals surface area contributed by atoms with E-state index in [0.717, 1.165) is 25.5 Å². The predicted octanol–water partition coefficient (Wildman–Crippen LogP) is -0.290. The second kappa shape index (κ2) is 5.69. The van der Waals surface area contributed by atoms with Gasteiger partial charge in [0.25, 0.3) is 0 Å². The molecule has 100 valence electrons. The minimum atomic E-state index is -0.408. The van der Waals surface area contributed by atoms with Crippen molar-refractivity contribution in [3.63, 3.8) is 0 Å². The highest BCUT2D eigenvalue weighted by atomic mass is 35.5. The third kappa shape index (κ3) is 2.82. The first-order chi connectivity index (χ1) is 8.61. The molecule has 2 heterocycles. The Bertz CT molecular complexity index is 427. The Morgan fingerprint density at radius 1 is 1.44 bits per heavy atom. The van der Waals surface area contributed by atoms with Crippen LogP contribution in [0.1, 0.15) is 5.82 Å². The molecule has 0 radical (unpaired) electrons. The van der Waals surface area contributed by atoms with Crippen molar-refractivity contribution in [2.45, 2.75) is 6.54 Å². The minimum absolute atomic E-state index is 0.199. The highest BCUT2D eigenvalue weighted by molar-refractivity contribution is 6.29. The number of halogens is 1. The molecular weight excluding hydrogens is 256 g/mol. The van der Waals surface area contributed by atoms with Gasteiger partial charge in [-0.05, 0) is 0 Å². The zero-order valence-electron chi connectivity index (χ0n) is 10.3. The fraction of sp³-hybridized carbons (Fsp3) is 0.636. The molecule has 1 N–H and O–H groups in total. The van der Waals surface area contributed by atoms with E-state index < -0.39 is 6.61 Å². The van der Waals surface area contributed by atoms with Crippen LogP contribution in [-0.4, -0.2) is 63.2 Å². The first-order valence-corrected chi connectivity index (χ1v) is 6.26. The topological polar surface area (TPSA) is 61.6 Å². The number of nitrogens with zero attached hydrogens (tertiary/aromatic N) is 4. The maximum atomic E-state index is 11.3. The summed E-state index contributed by atoms with van der Waals surface area (Å²) < 4.78 is 1.85. The van der Waals surface area contributed by atoms with Crippen molar-refractivity contribution < 1.29 is 9.90 Å². The molecule has 2 rings (SSSR count). The largest absolute Gasteiger partial charge is 0.387 e. The highest BCUT2D eigenvalue weighted by Crippen LogP contribution is 2.12. The van der Waals surface area contributed by atoms with Crippen molar-refractivity contribution in [2.24, 2.45) is 7.05 Å². The number of imidazole rings is 1. The molecule has 1 aliphatic heterocycles. The molecule has 0 atom stereocenters. The Morgan fingerprint density at radius 2 is 2.11 bits per heavy atom. The zero-order valence-corrected chi connectivity index (χ0v) is 11.1. The van der Waals surface area contributed by atoms with Gasteiger partial charge in [-0.15, -0.1) is 0 Å². The van der Waals surface area contributed by atoms with Gasteiger partial charge >= 0.3 is 0 Å². The molecule has 0 unspecified atom stereocenters. The number of piperazine rings is 1. The van der Waals surface area contributed by atoms with Crippen molar-refractivity contribution in [3.05, 3.63) is 17.2 Å². The van der Waals surface area contributed by atoms with E-state index in [1.807, 2.05) is 11.6 Å². The number of amides is 1. The fourth-order valence-corrected chi connectivity index (χ4v) is 2.17. The summed E-state index contributed by atoms with van der Waals surface area (Å²) in [6, 6.07) is 0. The molecule has 0 aromatic carbocycles. The lowest BCUT2D eigenvalue weighted by atomic mass is 10.3. The van der Waals surface area contributed by atoms with Crippen LogP contribution in [0.5, 0.6) is 0 Å². The van der Waals surface area contributed by atoms with Crippen LogP contribution < -0.4 is 0 Å². The van der Waals surface area contributed by atoms with E-state index in [-0.39, 0.29) is 5.91 Å². The van der Waals surface area contributed by atoms with Gasteiger partial charge in [0.2, 0.25) is 5.91 Å². The number of aliphatic hydroxyl groups excluding tert-OH is 1. The number of hydrogen-bond donors (Lipinski definition) is 1. The van der Waals surface area contributed by atoms with Crippen molar-refractivity contribution in [2.75, 3.05) is 32.8 Å². The Hall–Kier alpha value is -1.11. The molecule has 0 bridgehead atoms. The van der Waals surface area contributed by atoms with Crippen molar-refractivity contribution >= 4 is 17.5 Å². The molecule has 1 amide bonds. The number of hydrogen-bond acceptors (Lipinski definition) is 4. The number of aliphatic hydroxyl groups is 1. The average molecular weight is 273 g/mol. The van der Waals surface area contributed by atoms with E-state index in [1.54, 1.807) is 11.1 Å². The van der Waals surface area contributed by atoms with Crippen LogP contribution in [0.25, 0.3) is 0 Å². The van der Waals surface area contributed by atoms with Gasteiger partial charge in [0.15, 0.2) is 0 Å². The average Bonchev–Trinajstić information content (AvgIpc) is 2.71. The fourth-order valence-electron chi connectivity index (χ4n) is 2.03. The molecule has 0 spiro atoms. The highest BCUT2D eigenvalue weighted by Gasteiger charge is 2.21. The van der Waals surface area contributed by atoms with Crippen LogP contribution in [0, 0.1) is 0 Å². The smallest absolute Gasteiger partial charge is 0.248 e. The molecule has 0 aliphatic carbocycles. The lowest BCUT2D eigenvalue weighted by Crippen LogP contribution is -2.49. The van der Waals surface area contributed by atoms with Crippen LogP contribution in [0.2, 0.25) is 5.15 Å². The molecular formula is C11H17ClN4O2. The monoisotopic (exact) mass is 272 g/mol. The summed E-state index contributed by atoms with van der Waals surface area (Å²) in [6.45, 7) is 3.20. The van der Waals surface area contributed by atoms with Gasteiger partial charge in [-0.25, -0.2) is 4.98 Å². The van der Waals surface area contributed by atoms with Crippen LogP contribution in [0.3, 0.4) is 0 Å². The first kappa shape index (κ1) is 13.3. The summed E-state index contributed by atoms with van der Waals surface area (Å²) in [5, 5.41) is 9.42. The normalized spacial score (nSPS) is 17.2. The van der Waals surface area contributed by atoms with Crippen molar-refractivity contribution in [1.29, 1.82) is 0 Å². The van der Waals surface area contributed by atoms with Gasteiger partial charge in [-0.3, -0.25) is 9.69 Å². The lowest BCUT2D eigenvalue weighted by molar-refractivity contribution is -0.136. The third-order valence-electron chi connectivity index (χ3n) is 3.25. The first-order valence-electron chi connectivity index (χ1n) is 5.89. The summed E-state index contributed by atoms with van der Waals surface area (Å²) >= 11 is 5.93. The van der Waals surface area contributed by atoms with Gasteiger partial charge in [0, 0.05) is 33.2 Å². The number of aromatic nitrogens is 2. The van der Waals surface area contributed by atoms with Gasteiger partial charge in [0.05, 0.1) is 12.7 Å². The van der Waals surface area contributed by atoms with Crippen molar-refractivity contribution in [3.8, 4) is 0 Å². The molecule has 1 aliphatic rings. The van der Waals surface area contributed by atoms with Gasteiger partial charge in [0.1, 0.15) is 17.6 Å². The molecule has 1 saturated heterocycles. The Balaban J connectivity index is 1.87. The quantitative estimate of drug-likeness (QED) is 0.821. The molecule has 6 nitrogen and oxygen atoms in total. The van der Waals surface area contributed by atoms with E-state index in [1.165, 1.54) is 0 Å². The van der Waals surface area contributed by atoms with Crippen LogP contribution in [0.4, 0.5) is 0 Å². The van der Waals surface area contributed by atoms with Crippen LogP contribution >= 0.6 is 11.6 Å². The van der Waals surface area contributed by atoms with E-state index in [9.17, 15) is 4.79 Å². The molecule has 0 saturated carbocycles. The van der Waals surface area contributed by atoms with Crippen molar-refractivity contribution in [1.82, 2.24) is 19.4 Å². The molecule has 1 aromatic rings. The van der Waals surface area contributed by atoms with E-state index in [2.05, 4.69) is 9.88 Å². The van der Waals surface area contributed by atoms with Crippen LogP contribution in [0.15, 0.2) is 6.20 Å². The molecule has 1 aromatic heterocycles. The summed E-state index contributed by atoms with van der Waals surface area (Å²) in [5.41, 5.74) is 0. The van der Waals surface area contributed by atoms with E-state index >= 15 is 0 Å². The number of carbonyl (C=O) groups excluding carboxylic acids is 1.